The van der Waals surface area contributed by atoms with Gasteiger partial charge in [-0.3, -0.25) is 4.79 Å². The molecular formula is C16H24N2O2. The maximum Gasteiger partial charge on any atom is 0.224 e. The second-order valence-corrected chi connectivity index (χ2v) is 5.99. The molecule has 0 spiro atoms. The molecule has 0 aromatic heterocycles. The Hall–Kier alpha value is -1.55. The van der Waals surface area contributed by atoms with Gasteiger partial charge in [0.1, 0.15) is 5.75 Å². The number of hydrogen-bond acceptors (Lipinski definition) is 3. The first-order chi connectivity index (χ1) is 9.54. The molecule has 1 fully saturated rings. The lowest BCUT2D eigenvalue weighted by Gasteiger charge is -2.35. The van der Waals surface area contributed by atoms with Crippen molar-refractivity contribution in [2.24, 2.45) is 11.1 Å². The first-order valence-electron chi connectivity index (χ1n) is 7.34. The number of benzene rings is 1. The van der Waals surface area contributed by atoms with E-state index in [1.54, 1.807) is 18.2 Å². The molecule has 1 aliphatic rings. The minimum absolute atomic E-state index is 0.0196. The average Bonchev–Trinajstić information content (AvgIpc) is 2.43. The van der Waals surface area contributed by atoms with Crippen molar-refractivity contribution in [3.05, 3.63) is 23.8 Å². The number of anilines is 1. The molecule has 0 radical (unpaired) electrons. The number of nitrogens with one attached hydrogen (secondary N) is 1. The van der Waals surface area contributed by atoms with Crippen LogP contribution < -0.4 is 11.1 Å². The molecule has 2 rings (SSSR count). The highest BCUT2D eigenvalue weighted by molar-refractivity contribution is 5.92. The summed E-state index contributed by atoms with van der Waals surface area (Å²) < 4.78 is 0. The van der Waals surface area contributed by atoms with E-state index >= 15 is 0 Å². The van der Waals surface area contributed by atoms with Crippen LogP contribution in [0.25, 0.3) is 0 Å². The van der Waals surface area contributed by atoms with Gasteiger partial charge in [-0.25, -0.2) is 0 Å². The van der Waals surface area contributed by atoms with E-state index in [0.29, 0.717) is 13.0 Å². The summed E-state index contributed by atoms with van der Waals surface area (Å²) >= 11 is 0. The smallest absolute Gasteiger partial charge is 0.224 e. The molecule has 0 aliphatic heterocycles. The number of nitrogens with two attached hydrogens (primary N) is 1. The SMILES string of the molecule is Cc1cc(O)ccc1NC(=O)CC1(CN)CCCCC1. The number of aromatic hydroxyl groups is 1. The summed E-state index contributed by atoms with van der Waals surface area (Å²) in [4.78, 5) is 12.3. The van der Waals surface area contributed by atoms with Crippen LogP contribution in [0.2, 0.25) is 0 Å². The molecule has 20 heavy (non-hydrogen) atoms. The summed E-state index contributed by atoms with van der Waals surface area (Å²) in [7, 11) is 0. The van der Waals surface area contributed by atoms with E-state index in [4.69, 9.17) is 5.73 Å². The summed E-state index contributed by atoms with van der Waals surface area (Å²) in [6.07, 6.45) is 6.17. The van der Waals surface area contributed by atoms with E-state index in [0.717, 1.165) is 24.1 Å². The van der Waals surface area contributed by atoms with Crippen molar-refractivity contribution in [2.75, 3.05) is 11.9 Å². The summed E-state index contributed by atoms with van der Waals surface area (Å²) in [5.74, 6) is 0.234. The van der Waals surface area contributed by atoms with E-state index in [2.05, 4.69) is 5.32 Å². The van der Waals surface area contributed by atoms with Crippen LogP contribution >= 0.6 is 0 Å². The molecule has 1 aromatic carbocycles. The molecule has 0 atom stereocenters. The first kappa shape index (κ1) is 14.9. The molecule has 1 saturated carbocycles. The fraction of sp³-hybridized carbons (Fsp3) is 0.562. The van der Waals surface area contributed by atoms with Crippen LogP contribution in [0, 0.1) is 12.3 Å². The van der Waals surface area contributed by atoms with E-state index in [9.17, 15) is 9.90 Å². The molecule has 1 amide bonds. The van der Waals surface area contributed by atoms with Crippen LogP contribution in [0.4, 0.5) is 5.69 Å². The third kappa shape index (κ3) is 3.51. The Morgan fingerprint density at radius 2 is 2.05 bits per heavy atom. The number of aryl methyl sites for hydroxylation is 1. The van der Waals surface area contributed by atoms with Crippen molar-refractivity contribution < 1.29 is 9.90 Å². The van der Waals surface area contributed by atoms with Gasteiger partial charge < -0.3 is 16.2 Å². The van der Waals surface area contributed by atoms with E-state index in [1.807, 2.05) is 6.92 Å². The molecule has 1 aliphatic carbocycles. The van der Waals surface area contributed by atoms with Crippen LogP contribution in [0.3, 0.4) is 0 Å². The van der Waals surface area contributed by atoms with E-state index in [-0.39, 0.29) is 17.1 Å². The molecule has 0 saturated heterocycles. The third-order valence-electron chi connectivity index (χ3n) is 4.37. The van der Waals surface area contributed by atoms with Gasteiger partial charge in [0, 0.05) is 12.1 Å². The molecular weight excluding hydrogens is 252 g/mol. The third-order valence-corrected chi connectivity index (χ3v) is 4.37. The highest BCUT2D eigenvalue weighted by Gasteiger charge is 2.32. The Kier molecular flexibility index (Phi) is 4.65. The molecule has 4 heteroatoms. The number of rotatable bonds is 4. The maximum absolute atomic E-state index is 12.3. The second-order valence-electron chi connectivity index (χ2n) is 5.99. The Balaban J connectivity index is 2.00. The van der Waals surface area contributed by atoms with Crippen LogP contribution in [0.15, 0.2) is 18.2 Å². The van der Waals surface area contributed by atoms with Crippen molar-refractivity contribution >= 4 is 11.6 Å². The van der Waals surface area contributed by atoms with Crippen molar-refractivity contribution in [2.45, 2.75) is 45.4 Å². The summed E-state index contributed by atoms with van der Waals surface area (Å²) in [5, 5.41) is 12.3. The van der Waals surface area contributed by atoms with Crippen molar-refractivity contribution in [3.8, 4) is 5.75 Å². The summed E-state index contributed by atoms with van der Waals surface area (Å²) in [6.45, 7) is 2.45. The molecule has 0 heterocycles. The first-order valence-corrected chi connectivity index (χ1v) is 7.34. The summed E-state index contributed by atoms with van der Waals surface area (Å²) in [6, 6.07) is 4.97. The maximum atomic E-state index is 12.3. The van der Waals surface area contributed by atoms with Gasteiger partial charge in [-0.2, -0.15) is 0 Å². The van der Waals surface area contributed by atoms with Gasteiger partial charge in [-0.05, 0) is 55.5 Å². The van der Waals surface area contributed by atoms with Crippen LogP contribution in [-0.4, -0.2) is 17.6 Å². The molecule has 4 N–H and O–H groups in total. The van der Waals surface area contributed by atoms with Gasteiger partial charge in [-0.1, -0.05) is 19.3 Å². The number of carbonyl (C=O) groups is 1. The monoisotopic (exact) mass is 276 g/mol. The quantitative estimate of drug-likeness (QED) is 0.740. The highest BCUT2D eigenvalue weighted by atomic mass is 16.3. The van der Waals surface area contributed by atoms with Crippen molar-refractivity contribution in [1.82, 2.24) is 0 Å². The standard InChI is InChI=1S/C16H24N2O2/c1-12-9-13(19)5-6-14(12)18-15(20)10-16(11-17)7-3-2-4-8-16/h5-6,9,19H,2-4,7-8,10-11,17H2,1H3,(H,18,20). The Morgan fingerprint density at radius 3 is 2.65 bits per heavy atom. The Bertz CT molecular complexity index is 479. The average molecular weight is 276 g/mol. The molecule has 0 bridgehead atoms. The largest absolute Gasteiger partial charge is 0.508 e. The Morgan fingerprint density at radius 1 is 1.35 bits per heavy atom. The summed E-state index contributed by atoms with van der Waals surface area (Å²) in [5.41, 5.74) is 7.52. The van der Waals surface area contributed by atoms with Gasteiger partial charge in [0.2, 0.25) is 5.91 Å². The highest BCUT2D eigenvalue weighted by Crippen LogP contribution is 2.38. The zero-order valence-electron chi connectivity index (χ0n) is 12.1. The van der Waals surface area contributed by atoms with Crippen molar-refractivity contribution in [1.29, 1.82) is 0 Å². The predicted molar refractivity (Wildman–Crippen MR) is 80.7 cm³/mol. The van der Waals surface area contributed by atoms with E-state index in [1.165, 1.54) is 19.3 Å². The van der Waals surface area contributed by atoms with Gasteiger partial charge >= 0.3 is 0 Å². The fourth-order valence-electron chi connectivity index (χ4n) is 3.08. The zero-order valence-corrected chi connectivity index (χ0v) is 12.1. The number of hydrogen-bond donors (Lipinski definition) is 3. The molecule has 0 unspecified atom stereocenters. The van der Waals surface area contributed by atoms with Gasteiger partial charge in [-0.15, -0.1) is 0 Å². The van der Waals surface area contributed by atoms with Crippen LogP contribution in [-0.2, 0) is 4.79 Å². The lowest BCUT2D eigenvalue weighted by Crippen LogP contribution is -2.36. The minimum Gasteiger partial charge on any atom is -0.508 e. The van der Waals surface area contributed by atoms with Gasteiger partial charge in [0.25, 0.3) is 0 Å². The molecule has 1 aromatic rings. The van der Waals surface area contributed by atoms with Crippen LogP contribution in [0.1, 0.15) is 44.1 Å². The number of carbonyl (C=O) groups excluding carboxylic acids is 1. The topological polar surface area (TPSA) is 75.3 Å². The van der Waals surface area contributed by atoms with Gasteiger partial charge in [0.05, 0.1) is 0 Å². The predicted octanol–water partition coefficient (Wildman–Crippen LogP) is 2.94. The van der Waals surface area contributed by atoms with Crippen molar-refractivity contribution in [3.63, 3.8) is 0 Å². The molecule has 110 valence electrons. The zero-order chi connectivity index (χ0) is 14.6. The number of phenols is 1. The minimum atomic E-state index is -0.0207. The second kappa shape index (κ2) is 6.27. The lowest BCUT2D eigenvalue weighted by atomic mass is 9.71. The number of phenolic OH excluding ortho intramolecular Hbond substituents is 1. The fourth-order valence-corrected chi connectivity index (χ4v) is 3.08. The van der Waals surface area contributed by atoms with Gasteiger partial charge in [0.15, 0.2) is 0 Å². The Labute approximate surface area is 120 Å². The van der Waals surface area contributed by atoms with Crippen LogP contribution in [0.5, 0.6) is 5.75 Å². The van der Waals surface area contributed by atoms with E-state index < -0.39 is 0 Å². The normalized spacial score (nSPS) is 17.7. The molecule has 4 nitrogen and oxygen atoms in total. The lowest BCUT2D eigenvalue weighted by molar-refractivity contribution is -0.118. The number of amides is 1.